The van der Waals surface area contributed by atoms with E-state index in [1.54, 1.807) is 17.7 Å². The van der Waals surface area contributed by atoms with Crippen molar-refractivity contribution in [3.05, 3.63) is 63.1 Å². The van der Waals surface area contributed by atoms with Gasteiger partial charge < -0.3 is 14.6 Å². The van der Waals surface area contributed by atoms with E-state index in [1.807, 2.05) is 4.90 Å². The standard InChI is InChI=1S/C23H27BN2O3/c1-13-8-18(21-14(2)22(21)24)5-4-17(13)9-16-10-26(11-16)20(28)12-25-7-6-19(27)23(29)15(25)3/h4-8,14,16,21-22,29H,9-12H2,1-3H3. The van der Waals surface area contributed by atoms with E-state index in [-0.39, 0.29) is 18.2 Å². The summed E-state index contributed by atoms with van der Waals surface area (Å²) in [5.41, 5.74) is 3.99. The van der Waals surface area contributed by atoms with Gasteiger partial charge in [0.2, 0.25) is 11.3 Å². The lowest BCUT2D eigenvalue weighted by atomic mass is 9.88. The normalized spacial score (nSPS) is 23.7. The quantitative estimate of drug-likeness (QED) is 0.799. The molecule has 1 saturated carbocycles. The Hall–Kier alpha value is -2.50. The Bertz CT molecular complexity index is 1000. The molecule has 0 spiro atoms. The summed E-state index contributed by atoms with van der Waals surface area (Å²) in [6, 6.07) is 8.00. The van der Waals surface area contributed by atoms with Gasteiger partial charge in [0.05, 0.1) is 13.5 Å². The fraction of sp³-hybridized carbons (Fsp3) is 0.478. The van der Waals surface area contributed by atoms with Crippen LogP contribution >= 0.6 is 0 Å². The van der Waals surface area contributed by atoms with E-state index in [0.717, 1.165) is 19.5 Å². The van der Waals surface area contributed by atoms with E-state index in [2.05, 4.69) is 32.0 Å². The maximum absolute atomic E-state index is 12.5. The van der Waals surface area contributed by atoms with Gasteiger partial charge in [-0.1, -0.05) is 30.9 Å². The van der Waals surface area contributed by atoms with Gasteiger partial charge in [-0.2, -0.15) is 0 Å². The first kappa shape index (κ1) is 19.8. The lowest BCUT2D eigenvalue weighted by Gasteiger charge is -2.40. The van der Waals surface area contributed by atoms with Crippen LogP contribution in [0.4, 0.5) is 0 Å². The molecule has 2 aromatic rings. The van der Waals surface area contributed by atoms with Crippen molar-refractivity contribution in [2.75, 3.05) is 13.1 Å². The zero-order chi connectivity index (χ0) is 20.9. The van der Waals surface area contributed by atoms with Crippen molar-refractivity contribution in [3.8, 4) is 5.75 Å². The molecule has 6 heteroatoms. The molecule has 2 heterocycles. The molecule has 5 nitrogen and oxygen atoms in total. The number of carbonyl (C=O) groups excluding carboxylic acids is 1. The minimum atomic E-state index is -0.422. The molecule has 150 valence electrons. The molecule has 1 aromatic carbocycles. The van der Waals surface area contributed by atoms with Gasteiger partial charge in [-0.25, -0.2) is 0 Å². The van der Waals surface area contributed by atoms with E-state index in [0.29, 0.717) is 29.3 Å². The Balaban J connectivity index is 1.32. The molecule has 2 fully saturated rings. The monoisotopic (exact) mass is 390 g/mol. The summed E-state index contributed by atoms with van der Waals surface area (Å²) < 4.78 is 1.62. The van der Waals surface area contributed by atoms with Gasteiger partial charge in [0.1, 0.15) is 6.54 Å². The Morgan fingerprint density at radius 2 is 1.93 bits per heavy atom. The number of rotatable bonds is 5. The molecule has 1 amide bonds. The van der Waals surface area contributed by atoms with Gasteiger partial charge >= 0.3 is 0 Å². The molecule has 1 saturated heterocycles. The first-order valence-corrected chi connectivity index (χ1v) is 10.3. The number of hydrogen-bond acceptors (Lipinski definition) is 3. The number of benzene rings is 1. The van der Waals surface area contributed by atoms with Crippen LogP contribution in [0.1, 0.15) is 35.2 Å². The molecule has 1 aliphatic heterocycles. The minimum Gasteiger partial charge on any atom is -0.503 e. The number of aromatic hydroxyl groups is 1. The fourth-order valence-corrected chi connectivity index (χ4v) is 4.47. The third kappa shape index (κ3) is 3.72. The molecular formula is C23H27BN2O3. The lowest BCUT2D eigenvalue weighted by molar-refractivity contribution is -0.138. The smallest absolute Gasteiger partial charge is 0.242 e. The van der Waals surface area contributed by atoms with Crippen molar-refractivity contribution >= 4 is 13.8 Å². The maximum atomic E-state index is 12.5. The number of hydrogen-bond donors (Lipinski definition) is 1. The highest BCUT2D eigenvalue weighted by molar-refractivity contribution is 6.15. The molecule has 3 atom stereocenters. The van der Waals surface area contributed by atoms with Gasteiger partial charge in [0.15, 0.2) is 5.75 Å². The van der Waals surface area contributed by atoms with Crippen LogP contribution in [0.3, 0.4) is 0 Å². The number of aromatic nitrogens is 1. The molecule has 4 rings (SSSR count). The molecule has 1 aromatic heterocycles. The number of pyridine rings is 1. The Kier molecular flexibility index (Phi) is 5.05. The molecule has 2 radical (unpaired) electrons. The first-order valence-electron chi connectivity index (χ1n) is 10.3. The van der Waals surface area contributed by atoms with Gasteiger partial charge in [0.25, 0.3) is 0 Å². The molecule has 1 N–H and O–H groups in total. The summed E-state index contributed by atoms with van der Waals surface area (Å²) in [5, 5.41) is 9.76. The third-order valence-corrected chi connectivity index (χ3v) is 6.74. The van der Waals surface area contributed by atoms with Crippen LogP contribution in [0, 0.1) is 25.7 Å². The summed E-state index contributed by atoms with van der Waals surface area (Å²) >= 11 is 0. The molecule has 29 heavy (non-hydrogen) atoms. The van der Waals surface area contributed by atoms with Crippen molar-refractivity contribution in [1.29, 1.82) is 0 Å². The van der Waals surface area contributed by atoms with Gasteiger partial charge in [-0.05, 0) is 54.7 Å². The zero-order valence-electron chi connectivity index (χ0n) is 17.3. The van der Waals surface area contributed by atoms with Crippen molar-refractivity contribution in [2.24, 2.45) is 11.8 Å². The van der Waals surface area contributed by atoms with Crippen LogP contribution in [-0.2, 0) is 17.8 Å². The lowest BCUT2D eigenvalue weighted by Crippen LogP contribution is -2.51. The van der Waals surface area contributed by atoms with Crippen LogP contribution < -0.4 is 5.43 Å². The van der Waals surface area contributed by atoms with Crippen molar-refractivity contribution in [2.45, 2.75) is 45.5 Å². The highest BCUT2D eigenvalue weighted by atomic mass is 16.3. The Morgan fingerprint density at radius 1 is 1.24 bits per heavy atom. The van der Waals surface area contributed by atoms with Crippen molar-refractivity contribution in [1.82, 2.24) is 9.47 Å². The van der Waals surface area contributed by atoms with Gasteiger partial charge in [0, 0.05) is 25.4 Å². The highest BCUT2D eigenvalue weighted by Crippen LogP contribution is 2.56. The molecule has 0 bridgehead atoms. The Labute approximate surface area is 172 Å². The predicted octanol–water partition coefficient (Wildman–Crippen LogP) is 2.56. The summed E-state index contributed by atoms with van der Waals surface area (Å²) in [5.74, 6) is 1.54. The fourth-order valence-electron chi connectivity index (χ4n) is 4.47. The van der Waals surface area contributed by atoms with Crippen LogP contribution in [0.5, 0.6) is 5.75 Å². The van der Waals surface area contributed by atoms with Gasteiger partial charge in [-0.3, -0.25) is 9.59 Å². The number of amides is 1. The third-order valence-electron chi connectivity index (χ3n) is 6.74. The molecule has 2 aliphatic rings. The number of aryl methyl sites for hydroxylation is 1. The molecular weight excluding hydrogens is 363 g/mol. The van der Waals surface area contributed by atoms with Crippen LogP contribution in [0.15, 0.2) is 35.3 Å². The molecule has 3 unspecified atom stereocenters. The van der Waals surface area contributed by atoms with Crippen molar-refractivity contribution < 1.29 is 9.90 Å². The zero-order valence-corrected chi connectivity index (χ0v) is 17.3. The average molecular weight is 390 g/mol. The highest BCUT2D eigenvalue weighted by Gasteiger charge is 2.43. The average Bonchev–Trinajstić information content (AvgIpc) is 3.25. The van der Waals surface area contributed by atoms with Crippen LogP contribution in [0.2, 0.25) is 5.82 Å². The van der Waals surface area contributed by atoms with Crippen LogP contribution in [-0.4, -0.2) is 41.4 Å². The van der Waals surface area contributed by atoms with E-state index < -0.39 is 5.43 Å². The molecule has 1 aliphatic carbocycles. The second-order valence-corrected chi connectivity index (χ2v) is 8.76. The van der Waals surface area contributed by atoms with Crippen molar-refractivity contribution in [3.63, 3.8) is 0 Å². The van der Waals surface area contributed by atoms with Gasteiger partial charge in [-0.15, -0.1) is 0 Å². The largest absolute Gasteiger partial charge is 0.503 e. The number of nitrogens with zero attached hydrogens (tertiary/aromatic N) is 2. The second-order valence-electron chi connectivity index (χ2n) is 8.76. The topological polar surface area (TPSA) is 62.5 Å². The SMILES string of the molecule is [B]C1C(C)C1c1ccc(CC2CN(C(=O)Cn3ccc(=O)c(O)c3C)C2)c(C)c1. The summed E-state index contributed by atoms with van der Waals surface area (Å²) in [6.45, 7) is 7.63. The summed E-state index contributed by atoms with van der Waals surface area (Å²) in [6.07, 6.45) is 2.53. The number of likely N-dealkylation sites (tertiary alicyclic amines) is 1. The maximum Gasteiger partial charge on any atom is 0.242 e. The van der Waals surface area contributed by atoms with E-state index in [1.165, 1.54) is 22.8 Å². The van der Waals surface area contributed by atoms with E-state index >= 15 is 0 Å². The van der Waals surface area contributed by atoms with E-state index in [4.69, 9.17) is 7.85 Å². The first-order chi connectivity index (χ1) is 13.8. The number of carbonyl (C=O) groups is 1. The summed E-state index contributed by atoms with van der Waals surface area (Å²) in [7, 11) is 6.10. The minimum absolute atomic E-state index is 0.0103. The predicted molar refractivity (Wildman–Crippen MR) is 113 cm³/mol. The summed E-state index contributed by atoms with van der Waals surface area (Å²) in [4.78, 5) is 25.8. The Morgan fingerprint density at radius 3 is 2.55 bits per heavy atom. The van der Waals surface area contributed by atoms with Crippen LogP contribution in [0.25, 0.3) is 0 Å². The van der Waals surface area contributed by atoms with E-state index in [9.17, 15) is 14.7 Å². The second kappa shape index (κ2) is 7.40.